The Hall–Kier alpha value is -0.560. The molecule has 1 N–H and O–H groups in total. The topological polar surface area (TPSA) is 20.2 Å². The molecule has 0 aromatic heterocycles. The molecule has 0 aliphatic heterocycles. The monoisotopic (exact) mass is 412 g/mol. The van der Waals surface area contributed by atoms with Crippen molar-refractivity contribution in [2.24, 2.45) is 39.9 Å². The van der Waals surface area contributed by atoms with Crippen LogP contribution in [0.3, 0.4) is 0 Å². The lowest BCUT2D eigenvalue weighted by atomic mass is 9.46. The first-order chi connectivity index (χ1) is 14.0. The Morgan fingerprint density at radius 1 is 0.967 bits per heavy atom. The Kier molecular flexibility index (Phi) is 5.87. The van der Waals surface area contributed by atoms with Crippen molar-refractivity contribution in [1.82, 2.24) is 0 Å². The lowest BCUT2D eigenvalue weighted by molar-refractivity contribution is -0.0905. The number of hydrogen-bond donors (Lipinski definition) is 1. The molecule has 6 unspecified atom stereocenters. The highest BCUT2D eigenvalue weighted by Gasteiger charge is 2.57. The minimum Gasteiger partial charge on any atom is -0.393 e. The molecule has 1 heteroatoms. The Bertz CT molecular complexity index is 725. The van der Waals surface area contributed by atoms with Crippen LogP contribution in [0, 0.1) is 39.9 Å². The first kappa shape index (κ1) is 22.6. The Morgan fingerprint density at radius 3 is 2.40 bits per heavy atom. The molecule has 0 aromatic carbocycles. The van der Waals surface area contributed by atoms with E-state index in [0.29, 0.717) is 16.7 Å². The molecular formula is C29H48O. The zero-order chi connectivity index (χ0) is 21.9. The molecule has 0 saturated heterocycles. The molecule has 0 bridgehead atoms. The zero-order valence-electron chi connectivity index (χ0n) is 21.0. The van der Waals surface area contributed by atoms with E-state index in [0.717, 1.165) is 24.2 Å². The fourth-order valence-electron chi connectivity index (χ4n) is 8.63. The van der Waals surface area contributed by atoms with Crippen molar-refractivity contribution in [3.63, 3.8) is 0 Å². The fourth-order valence-corrected chi connectivity index (χ4v) is 8.63. The number of allylic oxidation sites excluding steroid dienone is 4. The maximum atomic E-state index is 10.8. The summed E-state index contributed by atoms with van der Waals surface area (Å²) >= 11 is 0. The average Bonchev–Trinajstić information content (AvgIpc) is 3.02. The van der Waals surface area contributed by atoms with Crippen molar-refractivity contribution in [3.05, 3.63) is 22.8 Å². The van der Waals surface area contributed by atoms with Gasteiger partial charge in [0.1, 0.15) is 0 Å². The van der Waals surface area contributed by atoms with Gasteiger partial charge in [-0.2, -0.15) is 0 Å². The number of aliphatic hydroxyl groups excluding tert-OH is 1. The van der Waals surface area contributed by atoms with Gasteiger partial charge in [-0.1, -0.05) is 79.4 Å². The van der Waals surface area contributed by atoms with Crippen LogP contribution in [0.1, 0.15) is 113 Å². The van der Waals surface area contributed by atoms with E-state index in [1.807, 2.05) is 0 Å². The highest BCUT2D eigenvalue weighted by molar-refractivity contribution is 5.49. The van der Waals surface area contributed by atoms with Gasteiger partial charge in [-0.25, -0.2) is 0 Å². The predicted octanol–water partition coefficient (Wildman–Crippen LogP) is 8.09. The second-order valence-electron chi connectivity index (χ2n) is 13.0. The van der Waals surface area contributed by atoms with Gasteiger partial charge in [0.05, 0.1) is 6.10 Å². The van der Waals surface area contributed by atoms with Crippen LogP contribution in [0.4, 0.5) is 0 Å². The van der Waals surface area contributed by atoms with E-state index >= 15 is 0 Å². The molecule has 0 aromatic rings. The summed E-state index contributed by atoms with van der Waals surface area (Å²) in [7, 11) is 0. The van der Waals surface area contributed by atoms with Gasteiger partial charge >= 0.3 is 0 Å². The largest absolute Gasteiger partial charge is 0.393 e. The minimum absolute atomic E-state index is 0.0454. The van der Waals surface area contributed by atoms with E-state index in [2.05, 4.69) is 54.5 Å². The lowest BCUT2D eigenvalue weighted by Crippen LogP contribution is -2.53. The van der Waals surface area contributed by atoms with E-state index in [1.54, 1.807) is 16.7 Å². The molecule has 30 heavy (non-hydrogen) atoms. The first-order valence-electron chi connectivity index (χ1n) is 13.1. The normalized spacial score (nSPS) is 41.2. The van der Waals surface area contributed by atoms with Crippen molar-refractivity contribution < 1.29 is 5.11 Å². The SMILES string of the molecule is CC(C)CCCC(C)C1CC=C2C3=C(CCC21C)C1(C)CCC(O)C(C)(C)C1CC3. The van der Waals surface area contributed by atoms with E-state index in [9.17, 15) is 5.11 Å². The maximum Gasteiger partial charge on any atom is 0.0594 e. The van der Waals surface area contributed by atoms with Crippen LogP contribution >= 0.6 is 0 Å². The summed E-state index contributed by atoms with van der Waals surface area (Å²) < 4.78 is 0. The van der Waals surface area contributed by atoms with Crippen LogP contribution in [0.15, 0.2) is 22.8 Å². The summed E-state index contributed by atoms with van der Waals surface area (Å²) in [5.41, 5.74) is 6.09. The summed E-state index contributed by atoms with van der Waals surface area (Å²) in [6, 6.07) is 0. The fraction of sp³-hybridized carbons (Fsp3) is 0.862. The van der Waals surface area contributed by atoms with Crippen LogP contribution in [0.25, 0.3) is 0 Å². The van der Waals surface area contributed by atoms with E-state index < -0.39 is 0 Å². The summed E-state index contributed by atoms with van der Waals surface area (Å²) in [6.07, 6.45) is 15.3. The number of aliphatic hydroxyl groups is 1. The second kappa shape index (κ2) is 7.79. The van der Waals surface area contributed by atoms with Crippen LogP contribution in [0.2, 0.25) is 0 Å². The van der Waals surface area contributed by atoms with Gasteiger partial charge in [-0.3, -0.25) is 0 Å². The molecule has 1 saturated carbocycles. The van der Waals surface area contributed by atoms with Crippen LogP contribution in [-0.2, 0) is 0 Å². The molecule has 0 spiro atoms. The number of fused-ring (bicyclic) bond motifs is 4. The van der Waals surface area contributed by atoms with Crippen LogP contribution < -0.4 is 0 Å². The van der Waals surface area contributed by atoms with Gasteiger partial charge in [-0.05, 0) is 96.0 Å². The van der Waals surface area contributed by atoms with Crippen molar-refractivity contribution in [2.75, 3.05) is 0 Å². The highest BCUT2D eigenvalue weighted by atomic mass is 16.3. The molecule has 4 aliphatic carbocycles. The van der Waals surface area contributed by atoms with Crippen molar-refractivity contribution in [1.29, 1.82) is 0 Å². The van der Waals surface area contributed by atoms with Gasteiger partial charge in [0.25, 0.3) is 0 Å². The van der Waals surface area contributed by atoms with E-state index in [4.69, 9.17) is 0 Å². The van der Waals surface area contributed by atoms with Gasteiger partial charge in [-0.15, -0.1) is 0 Å². The maximum absolute atomic E-state index is 10.8. The molecule has 6 atom stereocenters. The quantitative estimate of drug-likeness (QED) is 0.483. The Morgan fingerprint density at radius 2 is 1.70 bits per heavy atom. The molecule has 0 amide bonds. The third-order valence-electron chi connectivity index (χ3n) is 10.6. The molecule has 4 aliphatic rings. The number of hydrogen-bond acceptors (Lipinski definition) is 1. The zero-order valence-corrected chi connectivity index (χ0v) is 21.0. The Labute approximate surface area is 186 Å². The molecule has 170 valence electrons. The van der Waals surface area contributed by atoms with E-state index in [-0.39, 0.29) is 11.5 Å². The summed E-state index contributed by atoms with van der Waals surface area (Å²) in [4.78, 5) is 0. The van der Waals surface area contributed by atoms with Gasteiger partial charge in [0.2, 0.25) is 0 Å². The van der Waals surface area contributed by atoms with Gasteiger partial charge < -0.3 is 5.11 Å². The number of rotatable bonds is 5. The van der Waals surface area contributed by atoms with Crippen LogP contribution in [-0.4, -0.2) is 11.2 Å². The Balaban J connectivity index is 1.58. The predicted molar refractivity (Wildman–Crippen MR) is 128 cm³/mol. The molecule has 1 fully saturated rings. The van der Waals surface area contributed by atoms with Gasteiger partial charge in [0, 0.05) is 0 Å². The van der Waals surface area contributed by atoms with Crippen molar-refractivity contribution in [2.45, 2.75) is 119 Å². The summed E-state index contributed by atoms with van der Waals surface area (Å²) in [5, 5.41) is 10.8. The first-order valence-corrected chi connectivity index (χ1v) is 13.1. The second-order valence-corrected chi connectivity index (χ2v) is 13.0. The molecule has 0 radical (unpaired) electrons. The molecular weight excluding hydrogens is 364 g/mol. The average molecular weight is 413 g/mol. The molecule has 1 nitrogen and oxygen atoms in total. The molecule has 4 rings (SSSR count). The van der Waals surface area contributed by atoms with Crippen LogP contribution in [0.5, 0.6) is 0 Å². The third-order valence-corrected chi connectivity index (χ3v) is 10.6. The minimum atomic E-state index is -0.131. The summed E-state index contributed by atoms with van der Waals surface area (Å²) in [5.74, 6) is 3.13. The van der Waals surface area contributed by atoms with E-state index in [1.165, 1.54) is 57.8 Å². The van der Waals surface area contributed by atoms with Gasteiger partial charge in [0.15, 0.2) is 0 Å². The smallest absolute Gasteiger partial charge is 0.0594 e. The standard InChI is InChI=1S/C29H48O/c1-19(2)9-8-10-20(3)22-12-13-23-21-11-14-25-27(4,5)26(30)16-18-29(25,7)24(21)15-17-28(22,23)6/h13,19-20,22,25-26,30H,8-12,14-18H2,1-7H3. The third kappa shape index (κ3) is 3.37. The molecule has 0 heterocycles. The van der Waals surface area contributed by atoms with Crippen molar-refractivity contribution in [3.8, 4) is 0 Å². The summed E-state index contributed by atoms with van der Waals surface area (Å²) in [6.45, 7) is 17.1. The highest BCUT2D eigenvalue weighted by Crippen LogP contribution is 2.66. The van der Waals surface area contributed by atoms with Crippen molar-refractivity contribution >= 4 is 0 Å². The lowest BCUT2D eigenvalue weighted by Gasteiger charge is -2.59.